The standard InChI is InChI=1S/C15H17FN2O2/c1-9-3-2-4-11(16)14(9)18-8-7-12(19)17-13(15(18)20)10-5-6-10/h2-4,10,13H,5-8H2,1H3,(H,17,19). The molecule has 1 aliphatic heterocycles. The SMILES string of the molecule is Cc1cccc(F)c1N1CCC(=O)NC(C2CC2)C1=O. The Balaban J connectivity index is 1.98. The maximum atomic E-state index is 14.1. The van der Waals surface area contributed by atoms with Crippen LogP contribution in [0.3, 0.4) is 0 Å². The van der Waals surface area contributed by atoms with E-state index in [-0.39, 0.29) is 30.7 Å². The molecule has 20 heavy (non-hydrogen) atoms. The fraction of sp³-hybridized carbons (Fsp3) is 0.467. The summed E-state index contributed by atoms with van der Waals surface area (Å²) in [5.41, 5.74) is 1.02. The van der Waals surface area contributed by atoms with Gasteiger partial charge >= 0.3 is 0 Å². The van der Waals surface area contributed by atoms with E-state index in [0.29, 0.717) is 11.3 Å². The van der Waals surface area contributed by atoms with Crippen molar-refractivity contribution in [1.82, 2.24) is 5.32 Å². The maximum Gasteiger partial charge on any atom is 0.249 e. The zero-order valence-corrected chi connectivity index (χ0v) is 11.4. The highest BCUT2D eigenvalue weighted by Crippen LogP contribution is 2.35. The van der Waals surface area contributed by atoms with Gasteiger partial charge in [0.2, 0.25) is 11.8 Å². The van der Waals surface area contributed by atoms with Crippen LogP contribution in [0.4, 0.5) is 10.1 Å². The fourth-order valence-corrected chi connectivity index (χ4v) is 2.73. The molecule has 0 aromatic heterocycles. The van der Waals surface area contributed by atoms with E-state index in [1.807, 2.05) is 0 Å². The second-order valence-electron chi connectivity index (χ2n) is 5.53. The van der Waals surface area contributed by atoms with Crippen LogP contribution in [0, 0.1) is 18.7 Å². The van der Waals surface area contributed by atoms with E-state index in [9.17, 15) is 14.0 Å². The minimum Gasteiger partial charge on any atom is -0.344 e. The van der Waals surface area contributed by atoms with Crippen molar-refractivity contribution in [2.24, 2.45) is 5.92 Å². The highest BCUT2D eigenvalue weighted by atomic mass is 19.1. The van der Waals surface area contributed by atoms with Crippen molar-refractivity contribution in [2.75, 3.05) is 11.4 Å². The predicted octanol–water partition coefficient (Wildman–Crippen LogP) is 1.77. The topological polar surface area (TPSA) is 49.4 Å². The number of carbonyl (C=O) groups excluding carboxylic acids is 2. The Morgan fingerprint density at radius 2 is 2.05 bits per heavy atom. The molecule has 1 atom stereocenters. The minimum absolute atomic E-state index is 0.133. The third-order valence-corrected chi connectivity index (χ3v) is 3.96. The third-order valence-electron chi connectivity index (χ3n) is 3.96. The van der Waals surface area contributed by atoms with Gasteiger partial charge in [-0.1, -0.05) is 12.1 Å². The molecule has 2 amide bonds. The number of hydrogen-bond donors (Lipinski definition) is 1. The summed E-state index contributed by atoms with van der Waals surface area (Å²) in [6.07, 6.45) is 2.10. The zero-order chi connectivity index (χ0) is 14.3. The number of hydrogen-bond acceptors (Lipinski definition) is 2. The minimum atomic E-state index is -0.496. The van der Waals surface area contributed by atoms with Crippen LogP contribution in [0.5, 0.6) is 0 Å². The second-order valence-corrected chi connectivity index (χ2v) is 5.53. The predicted molar refractivity (Wildman–Crippen MR) is 72.8 cm³/mol. The molecule has 0 spiro atoms. The van der Waals surface area contributed by atoms with Crippen LogP contribution in [0.25, 0.3) is 0 Å². The van der Waals surface area contributed by atoms with E-state index in [1.165, 1.54) is 11.0 Å². The summed E-state index contributed by atoms with van der Waals surface area (Å²) in [7, 11) is 0. The number of aryl methyl sites for hydroxylation is 1. The number of carbonyl (C=O) groups is 2. The zero-order valence-electron chi connectivity index (χ0n) is 11.4. The highest BCUT2D eigenvalue weighted by Gasteiger charge is 2.41. The molecule has 5 heteroatoms. The molecule has 1 aromatic carbocycles. The van der Waals surface area contributed by atoms with Gasteiger partial charge in [0.15, 0.2) is 0 Å². The van der Waals surface area contributed by atoms with Crippen LogP contribution in [0.2, 0.25) is 0 Å². The van der Waals surface area contributed by atoms with Crippen LogP contribution in [-0.2, 0) is 9.59 Å². The molecule has 1 unspecified atom stereocenters. The normalized spacial score (nSPS) is 23.5. The Morgan fingerprint density at radius 1 is 1.30 bits per heavy atom. The molecular weight excluding hydrogens is 259 g/mol. The second kappa shape index (κ2) is 4.89. The molecule has 1 aliphatic carbocycles. The lowest BCUT2D eigenvalue weighted by atomic mass is 10.1. The van der Waals surface area contributed by atoms with Crippen molar-refractivity contribution < 1.29 is 14.0 Å². The molecule has 1 heterocycles. The molecule has 1 N–H and O–H groups in total. The summed E-state index contributed by atoms with van der Waals surface area (Å²) >= 11 is 0. The first-order valence-corrected chi connectivity index (χ1v) is 6.94. The van der Waals surface area contributed by atoms with Gasteiger partial charge in [-0.3, -0.25) is 9.59 Å². The Hall–Kier alpha value is -1.91. The van der Waals surface area contributed by atoms with Crippen molar-refractivity contribution in [1.29, 1.82) is 0 Å². The highest BCUT2D eigenvalue weighted by molar-refractivity contribution is 6.02. The van der Waals surface area contributed by atoms with Crippen molar-refractivity contribution >= 4 is 17.5 Å². The van der Waals surface area contributed by atoms with Gasteiger partial charge in [-0.05, 0) is 37.3 Å². The van der Waals surface area contributed by atoms with Crippen molar-refractivity contribution in [3.8, 4) is 0 Å². The molecule has 1 saturated heterocycles. The number of rotatable bonds is 2. The van der Waals surface area contributed by atoms with Crippen LogP contribution < -0.4 is 10.2 Å². The molecule has 1 saturated carbocycles. The van der Waals surface area contributed by atoms with Gasteiger partial charge in [-0.25, -0.2) is 4.39 Å². The molecule has 3 rings (SSSR count). The lowest BCUT2D eigenvalue weighted by molar-refractivity contribution is -0.126. The molecule has 2 fully saturated rings. The number of amides is 2. The summed E-state index contributed by atoms with van der Waals surface area (Å²) in [6.45, 7) is 2.01. The number of para-hydroxylation sites is 1. The van der Waals surface area contributed by atoms with Gasteiger partial charge in [0.1, 0.15) is 11.9 Å². The molecule has 106 valence electrons. The number of halogens is 1. The molecule has 4 nitrogen and oxygen atoms in total. The Kier molecular flexibility index (Phi) is 3.20. The number of benzene rings is 1. The van der Waals surface area contributed by atoms with Crippen molar-refractivity contribution in [3.63, 3.8) is 0 Å². The lowest BCUT2D eigenvalue weighted by Gasteiger charge is -2.25. The Labute approximate surface area is 117 Å². The van der Waals surface area contributed by atoms with Gasteiger partial charge in [0.05, 0.1) is 5.69 Å². The van der Waals surface area contributed by atoms with Gasteiger partial charge in [-0.15, -0.1) is 0 Å². The van der Waals surface area contributed by atoms with Gasteiger partial charge in [-0.2, -0.15) is 0 Å². The van der Waals surface area contributed by atoms with Gasteiger partial charge in [0, 0.05) is 13.0 Å². The summed E-state index contributed by atoms with van der Waals surface area (Å²) < 4.78 is 14.1. The van der Waals surface area contributed by atoms with Crippen LogP contribution >= 0.6 is 0 Å². The summed E-state index contributed by atoms with van der Waals surface area (Å²) in [5, 5.41) is 2.78. The monoisotopic (exact) mass is 276 g/mol. The fourth-order valence-electron chi connectivity index (χ4n) is 2.73. The van der Waals surface area contributed by atoms with Gasteiger partial charge < -0.3 is 10.2 Å². The summed E-state index contributed by atoms with van der Waals surface area (Å²) in [5.74, 6) is -0.528. The number of nitrogens with zero attached hydrogens (tertiary/aromatic N) is 1. The maximum absolute atomic E-state index is 14.1. The van der Waals surface area contributed by atoms with Gasteiger partial charge in [0.25, 0.3) is 0 Å². The van der Waals surface area contributed by atoms with E-state index in [4.69, 9.17) is 0 Å². The van der Waals surface area contributed by atoms with Crippen LogP contribution in [0.1, 0.15) is 24.8 Å². The van der Waals surface area contributed by atoms with Crippen molar-refractivity contribution in [2.45, 2.75) is 32.2 Å². The number of anilines is 1. The van der Waals surface area contributed by atoms with E-state index < -0.39 is 11.9 Å². The van der Waals surface area contributed by atoms with Crippen molar-refractivity contribution in [3.05, 3.63) is 29.6 Å². The van der Waals surface area contributed by atoms with E-state index in [1.54, 1.807) is 19.1 Å². The van der Waals surface area contributed by atoms with Crippen LogP contribution in [-0.4, -0.2) is 24.4 Å². The molecule has 0 radical (unpaired) electrons. The van der Waals surface area contributed by atoms with E-state index in [0.717, 1.165) is 12.8 Å². The molecular formula is C15H17FN2O2. The summed E-state index contributed by atoms with van der Waals surface area (Å²) in [6, 6.07) is 4.25. The van der Waals surface area contributed by atoms with Crippen LogP contribution in [0.15, 0.2) is 18.2 Å². The molecule has 1 aromatic rings. The molecule has 2 aliphatic rings. The smallest absolute Gasteiger partial charge is 0.249 e. The average Bonchev–Trinajstić information content (AvgIpc) is 3.22. The first-order valence-electron chi connectivity index (χ1n) is 6.94. The quantitative estimate of drug-likeness (QED) is 0.895. The lowest BCUT2D eigenvalue weighted by Crippen LogP contribution is -2.46. The Morgan fingerprint density at radius 3 is 2.70 bits per heavy atom. The summed E-state index contributed by atoms with van der Waals surface area (Å²) in [4.78, 5) is 25.8. The van der Waals surface area contributed by atoms with E-state index in [2.05, 4.69) is 5.32 Å². The third kappa shape index (κ3) is 2.28. The number of nitrogens with one attached hydrogen (secondary N) is 1. The average molecular weight is 276 g/mol. The molecule has 0 bridgehead atoms. The van der Waals surface area contributed by atoms with E-state index >= 15 is 0 Å². The Bertz CT molecular complexity index is 549. The largest absolute Gasteiger partial charge is 0.344 e. The first-order chi connectivity index (χ1) is 9.58. The first kappa shape index (κ1) is 13.1.